The Morgan fingerprint density at radius 1 is 1.38 bits per heavy atom. The quantitative estimate of drug-likeness (QED) is 0.870. The fourth-order valence-electron chi connectivity index (χ4n) is 3.20. The van der Waals surface area contributed by atoms with Crippen molar-refractivity contribution in [3.63, 3.8) is 0 Å². The molecule has 114 valence electrons. The summed E-state index contributed by atoms with van der Waals surface area (Å²) in [6.07, 6.45) is 3.79. The lowest BCUT2D eigenvalue weighted by Crippen LogP contribution is -2.39. The van der Waals surface area contributed by atoms with Gasteiger partial charge < -0.3 is 10.2 Å². The number of hydrogen-bond donors (Lipinski definition) is 1. The minimum atomic E-state index is -0.118. The highest BCUT2D eigenvalue weighted by atomic mass is 16.2. The van der Waals surface area contributed by atoms with Crippen LogP contribution in [0, 0.1) is 0 Å². The molecular weight excluding hydrogens is 270 g/mol. The van der Waals surface area contributed by atoms with E-state index in [2.05, 4.69) is 15.3 Å². The Morgan fingerprint density at radius 3 is 2.86 bits per heavy atom. The van der Waals surface area contributed by atoms with Gasteiger partial charge in [-0.2, -0.15) is 5.10 Å². The second-order valence-corrected chi connectivity index (χ2v) is 5.86. The summed E-state index contributed by atoms with van der Waals surface area (Å²) in [5.41, 5.74) is 0. The van der Waals surface area contributed by atoms with Gasteiger partial charge in [0.15, 0.2) is 5.82 Å². The van der Waals surface area contributed by atoms with E-state index in [4.69, 9.17) is 0 Å². The molecule has 7 nitrogen and oxygen atoms in total. The van der Waals surface area contributed by atoms with Crippen LogP contribution in [-0.4, -0.2) is 64.1 Å². The van der Waals surface area contributed by atoms with Crippen LogP contribution in [0.25, 0.3) is 0 Å². The second kappa shape index (κ2) is 5.48. The Hall–Kier alpha value is -1.89. The van der Waals surface area contributed by atoms with E-state index in [1.54, 1.807) is 11.0 Å². The maximum atomic E-state index is 12.1. The van der Waals surface area contributed by atoms with Crippen LogP contribution in [0.15, 0.2) is 12.3 Å². The first kappa shape index (κ1) is 14.1. The van der Waals surface area contributed by atoms with E-state index in [0.29, 0.717) is 5.82 Å². The number of nitrogens with one attached hydrogen (secondary N) is 1. The molecule has 0 aromatic carbocycles. The first-order valence-corrected chi connectivity index (χ1v) is 7.36. The van der Waals surface area contributed by atoms with Gasteiger partial charge in [-0.1, -0.05) is 0 Å². The van der Waals surface area contributed by atoms with E-state index in [0.717, 1.165) is 32.5 Å². The third-order valence-corrected chi connectivity index (χ3v) is 4.32. The molecule has 2 saturated heterocycles. The summed E-state index contributed by atoms with van der Waals surface area (Å²) >= 11 is 0. The molecule has 7 heteroatoms. The zero-order valence-electron chi connectivity index (χ0n) is 12.5. The lowest BCUT2D eigenvalue weighted by atomic mass is 10.2. The molecule has 0 aliphatic carbocycles. The highest BCUT2D eigenvalue weighted by molar-refractivity contribution is 5.87. The maximum Gasteiger partial charge on any atom is 0.239 e. The predicted octanol–water partition coefficient (Wildman–Crippen LogP) is 0.319. The molecule has 2 atom stereocenters. The molecule has 2 fully saturated rings. The predicted molar refractivity (Wildman–Crippen MR) is 77.8 cm³/mol. The van der Waals surface area contributed by atoms with Gasteiger partial charge in [0, 0.05) is 45.9 Å². The van der Waals surface area contributed by atoms with Crippen molar-refractivity contribution in [3.8, 4) is 0 Å². The van der Waals surface area contributed by atoms with Gasteiger partial charge in [0.05, 0.1) is 12.1 Å². The van der Waals surface area contributed by atoms with Gasteiger partial charge in [-0.25, -0.2) is 0 Å². The molecule has 3 heterocycles. The summed E-state index contributed by atoms with van der Waals surface area (Å²) < 4.78 is 1.90. The first-order valence-electron chi connectivity index (χ1n) is 7.36. The van der Waals surface area contributed by atoms with E-state index in [1.807, 2.05) is 17.9 Å². The Bertz CT molecular complexity index is 555. The summed E-state index contributed by atoms with van der Waals surface area (Å²) in [6.45, 7) is 4.08. The Morgan fingerprint density at radius 2 is 2.19 bits per heavy atom. The molecule has 2 aliphatic rings. The highest BCUT2D eigenvalue weighted by Gasteiger charge is 2.38. The van der Waals surface area contributed by atoms with Gasteiger partial charge in [0.2, 0.25) is 11.8 Å². The number of carbonyl (C=O) groups is 2. The molecule has 1 aromatic rings. The standard InChI is InChI=1S/C14H21N5O2/c1-10(20)15-13-5-8-19(16-13)11-3-7-18(9-11)12-4-6-17(2)14(12)21/h5,8,11-12H,3-4,6-7,9H2,1-2H3,(H,15,16,20)/t11-,12-/m0/s1. The second-order valence-electron chi connectivity index (χ2n) is 5.86. The van der Waals surface area contributed by atoms with Crippen molar-refractivity contribution < 1.29 is 9.59 Å². The number of nitrogens with zero attached hydrogens (tertiary/aromatic N) is 4. The minimum absolute atomic E-state index is 0.0328. The van der Waals surface area contributed by atoms with Gasteiger partial charge in [-0.05, 0) is 12.8 Å². The van der Waals surface area contributed by atoms with E-state index >= 15 is 0 Å². The van der Waals surface area contributed by atoms with Gasteiger partial charge in [-0.3, -0.25) is 19.2 Å². The van der Waals surface area contributed by atoms with Crippen molar-refractivity contribution in [1.82, 2.24) is 19.6 Å². The van der Waals surface area contributed by atoms with E-state index in [1.165, 1.54) is 6.92 Å². The van der Waals surface area contributed by atoms with Crippen LogP contribution in [0.3, 0.4) is 0 Å². The van der Waals surface area contributed by atoms with Gasteiger partial charge in [0.1, 0.15) is 0 Å². The number of aromatic nitrogens is 2. The fourth-order valence-corrected chi connectivity index (χ4v) is 3.20. The minimum Gasteiger partial charge on any atom is -0.344 e. The number of likely N-dealkylation sites (N-methyl/N-ethyl adjacent to an activating group) is 1. The average molecular weight is 291 g/mol. The van der Waals surface area contributed by atoms with Crippen LogP contribution in [0.1, 0.15) is 25.8 Å². The van der Waals surface area contributed by atoms with Crippen molar-refractivity contribution in [2.75, 3.05) is 32.0 Å². The third-order valence-electron chi connectivity index (χ3n) is 4.32. The molecule has 1 N–H and O–H groups in total. The molecule has 3 rings (SSSR count). The Balaban J connectivity index is 1.63. The van der Waals surface area contributed by atoms with Crippen LogP contribution in [0.4, 0.5) is 5.82 Å². The molecule has 0 unspecified atom stereocenters. The lowest BCUT2D eigenvalue weighted by molar-refractivity contribution is -0.130. The molecule has 2 amide bonds. The van der Waals surface area contributed by atoms with Crippen LogP contribution < -0.4 is 5.32 Å². The van der Waals surface area contributed by atoms with Crippen LogP contribution >= 0.6 is 0 Å². The van der Waals surface area contributed by atoms with Crippen molar-refractivity contribution in [1.29, 1.82) is 0 Å². The molecule has 1 aromatic heterocycles. The van der Waals surface area contributed by atoms with Crippen LogP contribution in [0.5, 0.6) is 0 Å². The topological polar surface area (TPSA) is 70.5 Å². The summed E-state index contributed by atoms with van der Waals surface area (Å²) in [4.78, 5) is 27.2. The zero-order valence-corrected chi connectivity index (χ0v) is 12.5. The number of likely N-dealkylation sites (tertiary alicyclic amines) is 2. The first-order chi connectivity index (χ1) is 10.0. The van der Waals surface area contributed by atoms with Gasteiger partial charge >= 0.3 is 0 Å². The highest BCUT2D eigenvalue weighted by Crippen LogP contribution is 2.27. The van der Waals surface area contributed by atoms with Crippen molar-refractivity contribution in [2.45, 2.75) is 31.8 Å². The average Bonchev–Trinajstić information content (AvgIpc) is 3.11. The molecule has 0 radical (unpaired) electrons. The Labute approximate surface area is 123 Å². The number of rotatable bonds is 3. The Kier molecular flexibility index (Phi) is 3.67. The largest absolute Gasteiger partial charge is 0.344 e. The summed E-state index contributed by atoms with van der Waals surface area (Å²) in [5, 5.41) is 7.07. The summed E-state index contributed by atoms with van der Waals surface area (Å²) in [5.74, 6) is 0.695. The van der Waals surface area contributed by atoms with Crippen molar-refractivity contribution in [2.24, 2.45) is 0 Å². The SMILES string of the molecule is CC(=O)Nc1ccn([C@H]2CCN([C@H]3CCN(C)C3=O)C2)n1. The van der Waals surface area contributed by atoms with Gasteiger partial charge in [-0.15, -0.1) is 0 Å². The lowest BCUT2D eigenvalue weighted by Gasteiger charge is -2.22. The monoisotopic (exact) mass is 291 g/mol. The molecule has 0 saturated carbocycles. The normalized spacial score (nSPS) is 26.6. The maximum absolute atomic E-state index is 12.1. The summed E-state index contributed by atoms with van der Waals surface area (Å²) in [6, 6.07) is 2.11. The third kappa shape index (κ3) is 2.78. The zero-order chi connectivity index (χ0) is 15.0. The number of anilines is 1. The number of hydrogen-bond acceptors (Lipinski definition) is 4. The van der Waals surface area contributed by atoms with E-state index < -0.39 is 0 Å². The fraction of sp³-hybridized carbons (Fsp3) is 0.643. The van der Waals surface area contributed by atoms with Crippen molar-refractivity contribution >= 4 is 17.6 Å². The smallest absolute Gasteiger partial charge is 0.239 e. The van der Waals surface area contributed by atoms with Crippen molar-refractivity contribution in [3.05, 3.63) is 12.3 Å². The molecule has 21 heavy (non-hydrogen) atoms. The van der Waals surface area contributed by atoms with Crippen LogP contribution in [-0.2, 0) is 9.59 Å². The number of carbonyl (C=O) groups excluding carboxylic acids is 2. The number of amides is 2. The molecule has 0 spiro atoms. The molecular formula is C14H21N5O2. The van der Waals surface area contributed by atoms with E-state index in [-0.39, 0.29) is 23.9 Å². The molecule has 0 bridgehead atoms. The van der Waals surface area contributed by atoms with Gasteiger partial charge in [0.25, 0.3) is 0 Å². The summed E-state index contributed by atoms with van der Waals surface area (Å²) in [7, 11) is 1.86. The van der Waals surface area contributed by atoms with Crippen LogP contribution in [0.2, 0.25) is 0 Å². The van der Waals surface area contributed by atoms with E-state index in [9.17, 15) is 9.59 Å². The molecule has 2 aliphatic heterocycles.